The molecule has 2 aromatic rings. The predicted octanol–water partition coefficient (Wildman–Crippen LogP) is 3.38. The molecular weight excluding hydrogens is 364 g/mol. The molecule has 1 aliphatic rings. The Balaban J connectivity index is 1.53. The number of hydrogen-bond donors (Lipinski definition) is 1. The average Bonchev–Trinajstić information content (AvgIpc) is 2.74. The highest BCUT2D eigenvalue weighted by Crippen LogP contribution is 2.25. The first-order valence-corrected chi connectivity index (χ1v) is 10.3. The van der Waals surface area contributed by atoms with Gasteiger partial charge in [-0.3, -0.25) is 14.6 Å². The van der Waals surface area contributed by atoms with Gasteiger partial charge in [0.25, 0.3) is 0 Å². The maximum absolute atomic E-state index is 12.2. The minimum Gasteiger partial charge on any atom is -0.372 e. The number of carbonyl (C=O) groups excluding carboxylic acids is 2. The molecule has 154 valence electrons. The van der Waals surface area contributed by atoms with E-state index < -0.39 is 0 Å². The molecule has 6 heteroatoms. The summed E-state index contributed by atoms with van der Waals surface area (Å²) in [6, 6.07) is 13.7. The molecule has 29 heavy (non-hydrogen) atoms. The van der Waals surface area contributed by atoms with Gasteiger partial charge >= 0.3 is 0 Å². The lowest BCUT2D eigenvalue weighted by Crippen LogP contribution is -2.34. The summed E-state index contributed by atoms with van der Waals surface area (Å²) >= 11 is 0. The second kappa shape index (κ2) is 10.0. The number of carbonyl (C=O) groups is 2. The summed E-state index contributed by atoms with van der Waals surface area (Å²) in [7, 11) is 0. The van der Waals surface area contributed by atoms with Crippen LogP contribution in [0.3, 0.4) is 0 Å². The van der Waals surface area contributed by atoms with E-state index >= 15 is 0 Å². The summed E-state index contributed by atoms with van der Waals surface area (Å²) in [5.41, 5.74) is 2.83. The van der Waals surface area contributed by atoms with Crippen molar-refractivity contribution in [2.45, 2.75) is 39.7 Å². The van der Waals surface area contributed by atoms with Gasteiger partial charge in [-0.25, -0.2) is 0 Å². The van der Waals surface area contributed by atoms with Gasteiger partial charge in [-0.1, -0.05) is 13.0 Å². The molecule has 3 rings (SSSR count). The number of benzene rings is 1. The van der Waals surface area contributed by atoms with Crippen molar-refractivity contribution in [1.29, 1.82) is 0 Å². The summed E-state index contributed by atoms with van der Waals surface area (Å²) in [6.07, 6.45) is 4.38. The molecule has 0 radical (unpaired) electrons. The largest absolute Gasteiger partial charge is 0.372 e. The van der Waals surface area contributed by atoms with E-state index in [1.54, 1.807) is 11.1 Å². The van der Waals surface area contributed by atoms with Gasteiger partial charge in [0.05, 0.1) is 12.2 Å². The zero-order chi connectivity index (χ0) is 20.6. The molecule has 2 heterocycles. The molecule has 0 unspecified atom stereocenters. The van der Waals surface area contributed by atoms with Crippen LogP contribution in [0.1, 0.15) is 38.8 Å². The Morgan fingerprint density at radius 1 is 1.14 bits per heavy atom. The minimum atomic E-state index is -0.0963. The van der Waals surface area contributed by atoms with Gasteiger partial charge in [0.15, 0.2) is 0 Å². The number of rotatable bonds is 7. The highest BCUT2D eigenvalue weighted by Gasteiger charge is 2.17. The third-order valence-corrected chi connectivity index (χ3v) is 5.45. The smallest absolute Gasteiger partial charge is 0.223 e. The molecule has 0 bridgehead atoms. The minimum absolute atomic E-state index is 0.0675. The third-order valence-electron chi connectivity index (χ3n) is 5.45. The Morgan fingerprint density at radius 2 is 1.86 bits per heavy atom. The highest BCUT2D eigenvalue weighted by atomic mass is 16.2. The average molecular weight is 395 g/mol. The molecular formula is C23H30N4O2. The second-order valence-corrected chi connectivity index (χ2v) is 7.70. The monoisotopic (exact) mass is 394 g/mol. The van der Waals surface area contributed by atoms with Gasteiger partial charge < -0.3 is 15.1 Å². The normalized spacial score (nSPS) is 14.5. The lowest BCUT2D eigenvalue weighted by atomic mass is 9.99. The van der Waals surface area contributed by atoms with Crippen LogP contribution in [0.4, 0.5) is 11.4 Å². The van der Waals surface area contributed by atoms with Crippen LogP contribution in [-0.4, -0.2) is 36.4 Å². The lowest BCUT2D eigenvalue weighted by Gasteiger charge is -2.32. The molecule has 1 fully saturated rings. The molecule has 0 aliphatic carbocycles. The van der Waals surface area contributed by atoms with Crippen LogP contribution in [-0.2, 0) is 16.1 Å². The summed E-state index contributed by atoms with van der Waals surface area (Å²) in [4.78, 5) is 32.6. The Labute approximate surface area is 172 Å². The number of hydrogen-bond acceptors (Lipinski definition) is 4. The van der Waals surface area contributed by atoms with Crippen molar-refractivity contribution in [3.8, 4) is 0 Å². The van der Waals surface area contributed by atoms with Gasteiger partial charge in [-0.15, -0.1) is 0 Å². The first-order chi connectivity index (χ1) is 14.0. The number of nitrogens with zero attached hydrogens (tertiary/aromatic N) is 3. The first-order valence-electron chi connectivity index (χ1n) is 10.3. The number of nitrogens with one attached hydrogen (secondary N) is 1. The van der Waals surface area contributed by atoms with Gasteiger partial charge in [-0.05, 0) is 55.2 Å². The van der Waals surface area contributed by atoms with E-state index in [0.29, 0.717) is 13.1 Å². The van der Waals surface area contributed by atoms with E-state index in [1.165, 1.54) is 25.5 Å². The van der Waals surface area contributed by atoms with Crippen molar-refractivity contribution in [2.24, 2.45) is 5.92 Å². The summed E-state index contributed by atoms with van der Waals surface area (Å²) < 4.78 is 0. The summed E-state index contributed by atoms with van der Waals surface area (Å²) in [5.74, 6) is 0.630. The fraction of sp³-hybridized carbons (Fsp3) is 0.435. The Kier molecular flexibility index (Phi) is 7.22. The molecule has 2 amide bonds. The Morgan fingerprint density at radius 3 is 2.48 bits per heavy atom. The van der Waals surface area contributed by atoms with Crippen molar-refractivity contribution in [2.75, 3.05) is 29.4 Å². The molecule has 1 aromatic heterocycles. The van der Waals surface area contributed by atoms with E-state index in [-0.39, 0.29) is 18.2 Å². The van der Waals surface area contributed by atoms with Crippen LogP contribution < -0.4 is 15.1 Å². The number of anilines is 2. The number of aromatic nitrogens is 1. The van der Waals surface area contributed by atoms with Crippen LogP contribution in [0.15, 0.2) is 48.7 Å². The van der Waals surface area contributed by atoms with Gasteiger partial charge in [0, 0.05) is 50.6 Å². The fourth-order valence-electron chi connectivity index (χ4n) is 3.57. The van der Waals surface area contributed by atoms with Crippen LogP contribution in [0.5, 0.6) is 0 Å². The van der Waals surface area contributed by atoms with Crippen molar-refractivity contribution < 1.29 is 9.59 Å². The zero-order valence-corrected chi connectivity index (χ0v) is 17.3. The number of amides is 2. The van der Waals surface area contributed by atoms with Crippen LogP contribution >= 0.6 is 0 Å². The van der Waals surface area contributed by atoms with E-state index in [4.69, 9.17) is 0 Å². The van der Waals surface area contributed by atoms with E-state index in [1.807, 2.05) is 30.3 Å². The number of pyridine rings is 1. The third kappa shape index (κ3) is 6.04. The van der Waals surface area contributed by atoms with E-state index in [2.05, 4.69) is 34.3 Å². The molecule has 0 spiro atoms. The standard InChI is InChI=1S/C23H30N4O2/c1-18-10-14-26(15-11-18)21-6-8-22(9-7-21)27(19(2)28)16-12-23(29)25-17-20-5-3-4-13-24-20/h3-9,13,18H,10-12,14-17H2,1-2H3,(H,25,29). The Bertz CT molecular complexity index is 799. The van der Waals surface area contributed by atoms with Gasteiger partial charge in [0.2, 0.25) is 11.8 Å². The van der Waals surface area contributed by atoms with Gasteiger partial charge in [-0.2, -0.15) is 0 Å². The highest BCUT2D eigenvalue weighted by molar-refractivity contribution is 5.92. The van der Waals surface area contributed by atoms with Crippen molar-refractivity contribution in [3.63, 3.8) is 0 Å². The second-order valence-electron chi connectivity index (χ2n) is 7.70. The summed E-state index contributed by atoms with van der Waals surface area (Å²) in [6.45, 7) is 6.73. The van der Waals surface area contributed by atoms with Crippen molar-refractivity contribution in [1.82, 2.24) is 10.3 Å². The topological polar surface area (TPSA) is 65.5 Å². The fourth-order valence-corrected chi connectivity index (χ4v) is 3.57. The maximum Gasteiger partial charge on any atom is 0.223 e. The molecule has 0 atom stereocenters. The SMILES string of the molecule is CC(=O)N(CCC(=O)NCc1ccccn1)c1ccc(N2CCC(C)CC2)cc1. The first kappa shape index (κ1) is 20.8. The maximum atomic E-state index is 12.2. The van der Waals surface area contributed by atoms with Crippen LogP contribution in [0.25, 0.3) is 0 Å². The van der Waals surface area contributed by atoms with E-state index in [9.17, 15) is 9.59 Å². The van der Waals surface area contributed by atoms with Crippen molar-refractivity contribution >= 4 is 23.2 Å². The predicted molar refractivity (Wildman–Crippen MR) is 116 cm³/mol. The molecule has 0 saturated carbocycles. The number of piperidine rings is 1. The molecule has 1 aromatic carbocycles. The quantitative estimate of drug-likeness (QED) is 0.782. The molecule has 1 N–H and O–H groups in total. The lowest BCUT2D eigenvalue weighted by molar-refractivity contribution is -0.121. The molecule has 1 aliphatic heterocycles. The van der Waals surface area contributed by atoms with Crippen LogP contribution in [0, 0.1) is 5.92 Å². The van der Waals surface area contributed by atoms with E-state index in [0.717, 1.165) is 30.4 Å². The van der Waals surface area contributed by atoms with Crippen molar-refractivity contribution in [3.05, 3.63) is 54.4 Å². The molecule has 6 nitrogen and oxygen atoms in total. The van der Waals surface area contributed by atoms with Gasteiger partial charge in [0.1, 0.15) is 0 Å². The zero-order valence-electron chi connectivity index (χ0n) is 17.3. The summed E-state index contributed by atoms with van der Waals surface area (Å²) in [5, 5.41) is 2.85. The van der Waals surface area contributed by atoms with Crippen LogP contribution in [0.2, 0.25) is 0 Å². The molecule has 1 saturated heterocycles. The Hall–Kier alpha value is -2.89.